The standard InChI is InChI=1S/C13H19N5O2S/c1-7-6-13(2,3)15-11(21)18(7)8-9(14)16(4)12(20)17(5)10(8)19/h6H,14H2,1-5H3,(H,15,21). The van der Waals surface area contributed by atoms with Gasteiger partial charge < -0.3 is 11.1 Å². The molecule has 8 heteroatoms. The minimum absolute atomic E-state index is 0.0831. The van der Waals surface area contributed by atoms with Gasteiger partial charge in [0.2, 0.25) is 0 Å². The summed E-state index contributed by atoms with van der Waals surface area (Å²) in [7, 11) is 2.93. The first-order valence-corrected chi connectivity index (χ1v) is 6.85. The van der Waals surface area contributed by atoms with Crippen LogP contribution in [0.1, 0.15) is 20.8 Å². The molecule has 1 aliphatic heterocycles. The number of thiocarbonyl (C=S) groups is 1. The molecule has 0 radical (unpaired) electrons. The van der Waals surface area contributed by atoms with Gasteiger partial charge in [-0.25, -0.2) is 4.79 Å². The van der Waals surface area contributed by atoms with Crippen molar-refractivity contribution in [1.82, 2.24) is 14.5 Å². The van der Waals surface area contributed by atoms with Crippen molar-refractivity contribution in [1.29, 1.82) is 0 Å². The molecular weight excluding hydrogens is 290 g/mol. The predicted molar refractivity (Wildman–Crippen MR) is 87.4 cm³/mol. The van der Waals surface area contributed by atoms with Gasteiger partial charge in [-0.1, -0.05) is 0 Å². The number of nitrogen functional groups attached to an aromatic ring is 1. The summed E-state index contributed by atoms with van der Waals surface area (Å²) >= 11 is 5.36. The Bertz CT molecular complexity index is 772. The summed E-state index contributed by atoms with van der Waals surface area (Å²) < 4.78 is 2.24. The number of anilines is 2. The predicted octanol–water partition coefficient (Wildman–Crippen LogP) is 0.0431. The van der Waals surface area contributed by atoms with Crippen LogP contribution < -0.4 is 27.2 Å². The van der Waals surface area contributed by atoms with E-state index in [1.54, 1.807) is 4.90 Å². The van der Waals surface area contributed by atoms with Gasteiger partial charge in [-0.05, 0) is 39.1 Å². The number of rotatable bonds is 1. The summed E-state index contributed by atoms with van der Waals surface area (Å²) in [5.41, 5.74) is 5.67. The van der Waals surface area contributed by atoms with Crippen molar-refractivity contribution >= 4 is 28.8 Å². The molecule has 2 heterocycles. The molecule has 0 saturated heterocycles. The molecule has 0 unspecified atom stereocenters. The van der Waals surface area contributed by atoms with Crippen molar-refractivity contribution in [2.45, 2.75) is 26.3 Å². The highest BCUT2D eigenvalue weighted by Gasteiger charge is 2.31. The van der Waals surface area contributed by atoms with Crippen LogP contribution in [0.3, 0.4) is 0 Å². The minimum atomic E-state index is -0.479. The molecule has 1 aromatic rings. The summed E-state index contributed by atoms with van der Waals surface area (Å²) in [4.78, 5) is 25.9. The normalized spacial score (nSPS) is 17.5. The largest absolute Gasteiger partial charge is 0.383 e. The number of allylic oxidation sites excluding steroid dienone is 1. The Balaban J connectivity index is 2.77. The second-order valence-electron chi connectivity index (χ2n) is 5.71. The van der Waals surface area contributed by atoms with Crippen LogP contribution in [0, 0.1) is 0 Å². The van der Waals surface area contributed by atoms with Crippen LogP contribution in [-0.4, -0.2) is 19.8 Å². The van der Waals surface area contributed by atoms with Crippen molar-refractivity contribution in [3.05, 3.63) is 32.6 Å². The first-order chi connectivity index (χ1) is 9.57. The Hall–Kier alpha value is -2.09. The maximum atomic E-state index is 12.4. The molecule has 0 spiro atoms. The van der Waals surface area contributed by atoms with E-state index < -0.39 is 11.2 Å². The van der Waals surface area contributed by atoms with Crippen molar-refractivity contribution in [3.8, 4) is 0 Å². The van der Waals surface area contributed by atoms with Gasteiger partial charge in [0.15, 0.2) is 10.8 Å². The van der Waals surface area contributed by atoms with E-state index in [0.29, 0.717) is 5.11 Å². The van der Waals surface area contributed by atoms with Crippen LogP contribution >= 0.6 is 12.2 Å². The van der Waals surface area contributed by atoms with Crippen LogP contribution in [0.25, 0.3) is 0 Å². The Morgan fingerprint density at radius 1 is 1.24 bits per heavy atom. The van der Waals surface area contributed by atoms with Gasteiger partial charge in [0.25, 0.3) is 5.56 Å². The molecule has 1 aliphatic rings. The van der Waals surface area contributed by atoms with Gasteiger partial charge in [-0.2, -0.15) is 0 Å². The Morgan fingerprint density at radius 3 is 2.33 bits per heavy atom. The van der Waals surface area contributed by atoms with Crippen LogP contribution in [0.5, 0.6) is 0 Å². The van der Waals surface area contributed by atoms with Crippen molar-refractivity contribution < 1.29 is 0 Å². The lowest BCUT2D eigenvalue weighted by Gasteiger charge is -2.38. The smallest absolute Gasteiger partial charge is 0.332 e. The molecule has 0 saturated carbocycles. The molecule has 114 valence electrons. The molecule has 0 bridgehead atoms. The second-order valence-corrected chi connectivity index (χ2v) is 6.10. The van der Waals surface area contributed by atoms with Gasteiger partial charge in [0.05, 0.1) is 5.54 Å². The van der Waals surface area contributed by atoms with E-state index in [-0.39, 0.29) is 17.0 Å². The zero-order chi connectivity index (χ0) is 16.1. The van der Waals surface area contributed by atoms with E-state index in [2.05, 4.69) is 5.32 Å². The Morgan fingerprint density at radius 2 is 1.81 bits per heavy atom. The summed E-state index contributed by atoms with van der Waals surface area (Å²) in [6.45, 7) is 5.80. The summed E-state index contributed by atoms with van der Waals surface area (Å²) in [6.07, 6.45) is 1.95. The van der Waals surface area contributed by atoms with Crippen LogP contribution in [0.15, 0.2) is 21.4 Å². The molecular formula is C13H19N5O2S. The third kappa shape index (κ3) is 2.35. The highest BCUT2D eigenvalue weighted by Crippen LogP contribution is 2.26. The van der Waals surface area contributed by atoms with Crippen molar-refractivity contribution in [3.63, 3.8) is 0 Å². The van der Waals surface area contributed by atoms with E-state index in [1.807, 2.05) is 26.8 Å². The molecule has 1 aromatic heterocycles. The molecule has 7 nitrogen and oxygen atoms in total. The summed E-state index contributed by atoms with van der Waals surface area (Å²) in [6, 6.07) is 0. The van der Waals surface area contributed by atoms with E-state index in [1.165, 1.54) is 18.7 Å². The van der Waals surface area contributed by atoms with Crippen molar-refractivity contribution in [2.75, 3.05) is 10.6 Å². The number of nitrogens with two attached hydrogens (primary N) is 1. The molecule has 3 N–H and O–H groups in total. The van der Waals surface area contributed by atoms with Gasteiger partial charge >= 0.3 is 5.69 Å². The lowest BCUT2D eigenvalue weighted by Crippen LogP contribution is -2.55. The zero-order valence-electron chi connectivity index (χ0n) is 12.7. The molecule has 0 fully saturated rings. The highest BCUT2D eigenvalue weighted by molar-refractivity contribution is 7.80. The number of hydrogen-bond acceptors (Lipinski definition) is 4. The maximum Gasteiger partial charge on any atom is 0.332 e. The highest BCUT2D eigenvalue weighted by atomic mass is 32.1. The number of aromatic nitrogens is 2. The van der Waals surface area contributed by atoms with E-state index in [4.69, 9.17) is 18.0 Å². The quantitative estimate of drug-likeness (QED) is 0.713. The topological polar surface area (TPSA) is 85.3 Å². The zero-order valence-corrected chi connectivity index (χ0v) is 13.5. The fraction of sp³-hybridized carbons (Fsp3) is 0.462. The van der Waals surface area contributed by atoms with Crippen molar-refractivity contribution in [2.24, 2.45) is 14.1 Å². The maximum absolute atomic E-state index is 12.4. The second kappa shape index (κ2) is 4.73. The summed E-state index contributed by atoms with van der Waals surface area (Å²) in [5, 5.41) is 3.51. The minimum Gasteiger partial charge on any atom is -0.383 e. The lowest BCUT2D eigenvalue weighted by atomic mass is 10.0. The van der Waals surface area contributed by atoms with Gasteiger partial charge in [0, 0.05) is 19.8 Å². The Kier molecular flexibility index (Phi) is 3.45. The monoisotopic (exact) mass is 309 g/mol. The van der Waals surface area contributed by atoms with Crippen LogP contribution in [0.4, 0.5) is 11.5 Å². The number of nitrogens with one attached hydrogen (secondary N) is 1. The first-order valence-electron chi connectivity index (χ1n) is 6.44. The third-order valence-electron chi connectivity index (χ3n) is 3.46. The van der Waals surface area contributed by atoms with Crippen LogP contribution in [-0.2, 0) is 14.1 Å². The average molecular weight is 309 g/mol. The number of nitrogens with zero attached hydrogens (tertiary/aromatic N) is 3. The van der Waals surface area contributed by atoms with Gasteiger partial charge in [0.1, 0.15) is 5.82 Å². The molecule has 0 atom stereocenters. The fourth-order valence-electron chi connectivity index (χ4n) is 2.44. The van der Waals surface area contributed by atoms with Gasteiger partial charge in [-0.3, -0.25) is 18.8 Å². The SMILES string of the molecule is CC1=CC(C)(C)NC(=S)N1c1c(N)n(C)c(=O)n(C)c1=O. The molecule has 21 heavy (non-hydrogen) atoms. The molecule has 0 aromatic carbocycles. The van der Waals surface area contributed by atoms with E-state index in [0.717, 1.165) is 10.3 Å². The molecule has 0 amide bonds. The molecule has 0 aliphatic carbocycles. The summed E-state index contributed by atoms with van der Waals surface area (Å²) in [5.74, 6) is 0.0831. The average Bonchev–Trinajstić information content (AvgIpc) is 2.36. The molecule has 2 rings (SSSR count). The Labute approximate surface area is 127 Å². The van der Waals surface area contributed by atoms with E-state index in [9.17, 15) is 9.59 Å². The number of hydrogen-bond donors (Lipinski definition) is 2. The fourth-order valence-corrected chi connectivity index (χ4v) is 2.94. The van der Waals surface area contributed by atoms with Gasteiger partial charge in [-0.15, -0.1) is 0 Å². The van der Waals surface area contributed by atoms with Crippen LogP contribution in [0.2, 0.25) is 0 Å². The lowest BCUT2D eigenvalue weighted by molar-refractivity contribution is 0.559. The third-order valence-corrected chi connectivity index (χ3v) is 3.75. The first kappa shape index (κ1) is 15.3. The van der Waals surface area contributed by atoms with E-state index >= 15 is 0 Å².